The molecule has 2 aromatic heterocycles. The molecule has 9 nitrogen and oxygen atoms in total. The number of anilines is 1. The van der Waals surface area contributed by atoms with Crippen LogP contribution in [0.3, 0.4) is 0 Å². The summed E-state index contributed by atoms with van der Waals surface area (Å²) in [6.07, 6.45) is 4.47. The number of hydrogen-bond donors (Lipinski definition) is 2. The maximum absolute atomic E-state index is 10.2. The maximum atomic E-state index is 10.2. The van der Waals surface area contributed by atoms with Crippen LogP contribution in [0, 0.1) is 0 Å². The van der Waals surface area contributed by atoms with Gasteiger partial charge in [-0.2, -0.15) is 0 Å². The monoisotopic (exact) mass is 435 g/mol. The molecule has 0 bridgehead atoms. The quantitative estimate of drug-likeness (QED) is 0.514. The Hall–Kier alpha value is -1.97. The first-order valence-electron chi connectivity index (χ1n) is 9.10. The van der Waals surface area contributed by atoms with Gasteiger partial charge in [-0.1, -0.05) is 23.5 Å². The molecule has 0 aliphatic carbocycles. The Morgan fingerprint density at radius 2 is 2.10 bits per heavy atom. The third-order valence-corrected chi connectivity index (χ3v) is 7.07. The van der Waals surface area contributed by atoms with E-state index in [0.29, 0.717) is 29.3 Å². The molecule has 3 aromatic rings. The summed E-state index contributed by atoms with van der Waals surface area (Å²) in [5.41, 5.74) is 8.17. The fourth-order valence-electron chi connectivity index (χ4n) is 3.13. The lowest BCUT2D eigenvalue weighted by Crippen LogP contribution is -2.15. The molecule has 29 heavy (non-hydrogen) atoms. The molecule has 0 saturated carbocycles. The van der Waals surface area contributed by atoms with Gasteiger partial charge in [0, 0.05) is 5.75 Å². The molecule has 11 heteroatoms. The molecule has 1 aliphatic heterocycles. The first kappa shape index (κ1) is 20.3. The van der Waals surface area contributed by atoms with Gasteiger partial charge in [-0.05, 0) is 30.5 Å². The van der Waals surface area contributed by atoms with Crippen LogP contribution in [0.25, 0.3) is 11.2 Å². The maximum Gasteiger partial charge on any atom is 0.235 e. The van der Waals surface area contributed by atoms with E-state index in [1.165, 1.54) is 17.7 Å². The van der Waals surface area contributed by atoms with Gasteiger partial charge in [0.25, 0.3) is 0 Å². The van der Waals surface area contributed by atoms with E-state index in [9.17, 15) is 4.89 Å². The molecule has 1 aliphatic rings. The Morgan fingerprint density at radius 3 is 2.90 bits per heavy atom. The van der Waals surface area contributed by atoms with Gasteiger partial charge in [-0.3, -0.25) is 4.57 Å². The SMILES string of the molecule is COc1ccc(CSP(O)OCC2CCC(n3cnc4c(N)ncnc43)O2)cc1. The smallest absolute Gasteiger partial charge is 0.235 e. The molecule has 154 valence electrons. The van der Waals surface area contributed by atoms with E-state index in [0.717, 1.165) is 24.2 Å². The van der Waals surface area contributed by atoms with E-state index in [4.69, 9.17) is 19.7 Å². The van der Waals surface area contributed by atoms with Gasteiger partial charge in [0.05, 0.1) is 26.1 Å². The predicted octanol–water partition coefficient (Wildman–Crippen LogP) is 3.26. The lowest BCUT2D eigenvalue weighted by molar-refractivity contribution is -0.0150. The van der Waals surface area contributed by atoms with Crippen LogP contribution in [0.2, 0.25) is 0 Å². The molecular formula is C18H22N5O4PS. The molecule has 0 radical (unpaired) electrons. The molecule has 0 amide bonds. The Labute approximate surface area is 173 Å². The molecule has 3 atom stereocenters. The molecule has 1 saturated heterocycles. The Morgan fingerprint density at radius 1 is 1.28 bits per heavy atom. The highest BCUT2D eigenvalue weighted by Crippen LogP contribution is 2.49. The molecule has 3 N–H and O–H groups in total. The summed E-state index contributed by atoms with van der Waals surface area (Å²) in [5.74, 6) is 1.84. The van der Waals surface area contributed by atoms with E-state index in [-0.39, 0.29) is 12.3 Å². The number of imidazole rings is 1. The summed E-state index contributed by atoms with van der Waals surface area (Å²) in [6.45, 7) is 0.345. The minimum absolute atomic E-state index is 0.0876. The summed E-state index contributed by atoms with van der Waals surface area (Å²) in [5, 5.41) is 0. The van der Waals surface area contributed by atoms with Crippen LogP contribution in [-0.4, -0.2) is 44.2 Å². The highest BCUT2D eigenvalue weighted by molar-refractivity contribution is 8.52. The van der Waals surface area contributed by atoms with Crippen LogP contribution in [0.1, 0.15) is 24.6 Å². The Balaban J connectivity index is 1.25. The molecular weight excluding hydrogens is 413 g/mol. The average Bonchev–Trinajstić information content (AvgIpc) is 3.38. The van der Waals surface area contributed by atoms with Gasteiger partial charge in [-0.25, -0.2) is 15.0 Å². The lowest BCUT2D eigenvalue weighted by atomic mass is 10.2. The third kappa shape index (κ3) is 4.79. The third-order valence-electron chi connectivity index (χ3n) is 4.65. The second-order valence-electron chi connectivity index (χ2n) is 6.53. The predicted molar refractivity (Wildman–Crippen MR) is 112 cm³/mol. The normalized spacial score (nSPS) is 20.2. The first-order chi connectivity index (χ1) is 14.1. The number of benzene rings is 1. The number of nitrogens with two attached hydrogens (primary N) is 1. The van der Waals surface area contributed by atoms with Crippen LogP contribution in [0.5, 0.6) is 5.75 Å². The fraction of sp³-hybridized carbons (Fsp3) is 0.389. The largest absolute Gasteiger partial charge is 0.497 e. The minimum Gasteiger partial charge on any atom is -0.497 e. The van der Waals surface area contributed by atoms with E-state index in [2.05, 4.69) is 15.0 Å². The van der Waals surface area contributed by atoms with Crippen molar-refractivity contribution in [2.45, 2.75) is 30.9 Å². The number of nitrogens with zero attached hydrogens (tertiary/aromatic N) is 4. The van der Waals surface area contributed by atoms with E-state index >= 15 is 0 Å². The molecule has 0 spiro atoms. The van der Waals surface area contributed by atoms with Crippen LogP contribution >= 0.6 is 19.0 Å². The van der Waals surface area contributed by atoms with Gasteiger partial charge < -0.3 is 24.6 Å². The Kier molecular flexibility index (Phi) is 6.46. The molecule has 3 heterocycles. The number of rotatable bonds is 8. The first-order valence-corrected chi connectivity index (χ1v) is 11.9. The van der Waals surface area contributed by atoms with Gasteiger partial charge in [0.15, 0.2) is 11.5 Å². The van der Waals surface area contributed by atoms with Crippen molar-refractivity contribution in [2.24, 2.45) is 0 Å². The summed E-state index contributed by atoms with van der Waals surface area (Å²) in [6, 6.07) is 7.76. The highest BCUT2D eigenvalue weighted by Gasteiger charge is 2.29. The number of aromatic nitrogens is 4. The van der Waals surface area contributed by atoms with Crippen molar-refractivity contribution in [3.63, 3.8) is 0 Å². The van der Waals surface area contributed by atoms with Crippen molar-refractivity contribution in [3.8, 4) is 5.75 Å². The second-order valence-corrected chi connectivity index (χ2v) is 9.52. The number of nitrogen functional groups attached to an aromatic ring is 1. The van der Waals surface area contributed by atoms with Crippen molar-refractivity contribution in [2.75, 3.05) is 19.5 Å². The minimum atomic E-state index is -1.57. The fourth-order valence-corrected chi connectivity index (χ4v) is 5.14. The van der Waals surface area contributed by atoms with Crippen molar-refractivity contribution in [1.29, 1.82) is 0 Å². The molecule has 1 aromatic carbocycles. The number of methoxy groups -OCH3 is 1. The van der Waals surface area contributed by atoms with Crippen molar-refractivity contribution < 1.29 is 18.9 Å². The summed E-state index contributed by atoms with van der Waals surface area (Å²) in [7, 11) is 0.0632. The van der Waals surface area contributed by atoms with Crippen LogP contribution in [0.15, 0.2) is 36.9 Å². The standard InChI is InChI=1S/C18H22N5O4PS/c1-25-13-4-2-12(3-5-13)9-29-28(24)26-8-14-6-7-15(27-14)23-11-22-16-17(19)20-10-21-18(16)23/h2-5,10-11,14-15,24H,6-9H2,1H3,(H2,19,20,21). The summed E-state index contributed by atoms with van der Waals surface area (Å²) in [4.78, 5) is 22.7. The van der Waals surface area contributed by atoms with Gasteiger partial charge in [0.1, 0.15) is 23.8 Å². The number of ether oxygens (including phenoxy) is 2. The van der Waals surface area contributed by atoms with Crippen LogP contribution in [0.4, 0.5) is 5.82 Å². The van der Waals surface area contributed by atoms with Gasteiger partial charge in [0.2, 0.25) is 7.58 Å². The molecule has 1 fully saturated rings. The molecule has 4 rings (SSSR count). The van der Waals surface area contributed by atoms with Gasteiger partial charge >= 0.3 is 0 Å². The van der Waals surface area contributed by atoms with Crippen molar-refractivity contribution in [3.05, 3.63) is 42.5 Å². The zero-order valence-corrected chi connectivity index (χ0v) is 17.6. The molecule has 3 unspecified atom stereocenters. The van der Waals surface area contributed by atoms with Crippen molar-refractivity contribution in [1.82, 2.24) is 19.5 Å². The Bertz CT molecular complexity index is 957. The summed E-state index contributed by atoms with van der Waals surface area (Å²) < 4.78 is 18.7. The van der Waals surface area contributed by atoms with Crippen LogP contribution < -0.4 is 10.5 Å². The highest BCUT2D eigenvalue weighted by atomic mass is 32.7. The van der Waals surface area contributed by atoms with Crippen LogP contribution in [-0.2, 0) is 15.0 Å². The van der Waals surface area contributed by atoms with E-state index < -0.39 is 7.58 Å². The van der Waals surface area contributed by atoms with E-state index in [1.807, 2.05) is 28.8 Å². The van der Waals surface area contributed by atoms with Crippen molar-refractivity contribution >= 4 is 35.9 Å². The number of hydrogen-bond acceptors (Lipinski definition) is 9. The summed E-state index contributed by atoms with van der Waals surface area (Å²) >= 11 is 1.38. The zero-order chi connectivity index (χ0) is 20.2. The zero-order valence-electron chi connectivity index (χ0n) is 15.8. The number of fused-ring (bicyclic) bond motifs is 1. The van der Waals surface area contributed by atoms with Gasteiger partial charge in [-0.15, -0.1) is 0 Å². The van der Waals surface area contributed by atoms with E-state index in [1.54, 1.807) is 13.4 Å². The average molecular weight is 435 g/mol. The second kappa shape index (κ2) is 9.23. The lowest BCUT2D eigenvalue weighted by Gasteiger charge is -2.16. The topological polar surface area (TPSA) is 118 Å².